The van der Waals surface area contributed by atoms with Crippen molar-refractivity contribution in [3.63, 3.8) is 0 Å². The Kier molecular flexibility index (Phi) is 4.71. The number of likely N-dealkylation sites (tertiary alicyclic amines) is 1. The second-order valence-electron chi connectivity index (χ2n) is 6.76. The van der Waals surface area contributed by atoms with Crippen LogP contribution < -0.4 is 5.32 Å². The molecule has 132 valence electrons. The van der Waals surface area contributed by atoms with Gasteiger partial charge in [-0.2, -0.15) is 9.36 Å². The Morgan fingerprint density at radius 3 is 2.60 bits per heavy atom. The number of carbonyl (C=O) groups excluding carboxylic acids is 2. The smallest absolute Gasteiger partial charge is 0.410 e. The Balaban J connectivity index is 1.61. The van der Waals surface area contributed by atoms with Crippen molar-refractivity contribution in [2.45, 2.75) is 38.8 Å². The van der Waals surface area contributed by atoms with Gasteiger partial charge in [0.25, 0.3) is 0 Å². The van der Waals surface area contributed by atoms with E-state index < -0.39 is 17.7 Å². The van der Waals surface area contributed by atoms with E-state index in [9.17, 15) is 9.59 Å². The van der Waals surface area contributed by atoms with Gasteiger partial charge in [-0.05, 0) is 27.2 Å². The minimum absolute atomic E-state index is 0.270. The van der Waals surface area contributed by atoms with Crippen molar-refractivity contribution in [3.05, 3.63) is 30.3 Å². The normalized spacial score (nSPS) is 16.9. The summed E-state index contributed by atoms with van der Waals surface area (Å²) >= 11 is 1.12. The highest BCUT2D eigenvalue weighted by Gasteiger charge is 2.40. The van der Waals surface area contributed by atoms with Crippen molar-refractivity contribution in [1.29, 1.82) is 0 Å². The van der Waals surface area contributed by atoms with E-state index in [1.807, 2.05) is 30.3 Å². The summed E-state index contributed by atoms with van der Waals surface area (Å²) in [5, 5.41) is 3.15. The number of benzene rings is 1. The molecular formula is C17H20N4O3S. The molecule has 1 fully saturated rings. The highest BCUT2D eigenvalue weighted by atomic mass is 32.1. The summed E-state index contributed by atoms with van der Waals surface area (Å²) in [5.41, 5.74) is 0.301. The summed E-state index contributed by atoms with van der Waals surface area (Å²) in [6.07, 6.45) is 0.135. The van der Waals surface area contributed by atoms with Crippen LogP contribution in [0.15, 0.2) is 30.3 Å². The molecule has 1 aromatic carbocycles. The quantitative estimate of drug-likeness (QED) is 0.909. The number of nitrogens with one attached hydrogen (secondary N) is 1. The van der Waals surface area contributed by atoms with E-state index in [-0.39, 0.29) is 5.91 Å². The molecule has 1 aromatic heterocycles. The van der Waals surface area contributed by atoms with Crippen LogP contribution in [0.4, 0.5) is 9.93 Å². The highest BCUT2D eigenvalue weighted by Crippen LogP contribution is 2.24. The molecule has 3 rings (SSSR count). The minimum Gasteiger partial charge on any atom is -0.444 e. The Morgan fingerprint density at radius 1 is 1.28 bits per heavy atom. The largest absolute Gasteiger partial charge is 0.444 e. The van der Waals surface area contributed by atoms with E-state index in [1.165, 1.54) is 4.90 Å². The van der Waals surface area contributed by atoms with E-state index in [4.69, 9.17) is 4.74 Å². The number of rotatable bonds is 3. The monoisotopic (exact) mass is 360 g/mol. The number of hydrogen-bond donors (Lipinski definition) is 1. The van der Waals surface area contributed by atoms with Crippen LogP contribution in [0.2, 0.25) is 0 Å². The number of nitrogens with zero attached hydrogens (tertiary/aromatic N) is 3. The zero-order valence-electron chi connectivity index (χ0n) is 14.4. The minimum atomic E-state index is -0.586. The number of carbonyl (C=O) groups is 2. The number of ether oxygens (including phenoxy) is 1. The topological polar surface area (TPSA) is 84.4 Å². The van der Waals surface area contributed by atoms with Crippen molar-refractivity contribution < 1.29 is 14.3 Å². The van der Waals surface area contributed by atoms with E-state index in [1.54, 1.807) is 20.8 Å². The van der Waals surface area contributed by atoms with Gasteiger partial charge in [0.05, 0.1) is 0 Å². The van der Waals surface area contributed by atoms with Gasteiger partial charge in [-0.15, -0.1) is 0 Å². The molecule has 0 bridgehead atoms. The Labute approximate surface area is 150 Å². The summed E-state index contributed by atoms with van der Waals surface area (Å²) in [6, 6.07) is 9.01. The Hall–Kier alpha value is -2.48. The fourth-order valence-corrected chi connectivity index (χ4v) is 2.96. The van der Waals surface area contributed by atoms with E-state index in [0.717, 1.165) is 17.1 Å². The van der Waals surface area contributed by atoms with Crippen LogP contribution >= 0.6 is 11.5 Å². The molecule has 1 aliphatic heterocycles. The molecule has 2 heterocycles. The average molecular weight is 360 g/mol. The summed E-state index contributed by atoms with van der Waals surface area (Å²) in [5.74, 6) is 0.298. The zero-order chi connectivity index (χ0) is 18.0. The van der Waals surface area contributed by atoms with Gasteiger partial charge in [0, 0.05) is 23.6 Å². The van der Waals surface area contributed by atoms with E-state index in [2.05, 4.69) is 14.7 Å². The summed E-state index contributed by atoms with van der Waals surface area (Å²) in [6.45, 7) is 5.91. The van der Waals surface area contributed by atoms with E-state index in [0.29, 0.717) is 23.9 Å². The number of amides is 2. The molecule has 2 amide bonds. The molecule has 0 unspecified atom stereocenters. The van der Waals surface area contributed by atoms with Gasteiger partial charge in [0.1, 0.15) is 11.6 Å². The molecule has 1 saturated heterocycles. The van der Waals surface area contributed by atoms with Crippen LogP contribution in [0, 0.1) is 0 Å². The van der Waals surface area contributed by atoms with Gasteiger partial charge in [-0.1, -0.05) is 30.3 Å². The third-order valence-corrected chi connectivity index (χ3v) is 4.27. The maximum Gasteiger partial charge on any atom is 0.410 e. The lowest BCUT2D eigenvalue weighted by Gasteiger charge is -2.39. The molecule has 25 heavy (non-hydrogen) atoms. The van der Waals surface area contributed by atoms with Crippen LogP contribution in [0.25, 0.3) is 11.4 Å². The number of aromatic nitrogens is 2. The lowest BCUT2D eigenvalue weighted by atomic mass is 10.0. The number of hydrogen-bond acceptors (Lipinski definition) is 6. The van der Waals surface area contributed by atoms with Crippen LogP contribution in [-0.2, 0) is 9.53 Å². The fourth-order valence-electron chi connectivity index (χ4n) is 2.37. The van der Waals surface area contributed by atoms with E-state index >= 15 is 0 Å². The van der Waals surface area contributed by atoms with Crippen molar-refractivity contribution in [3.8, 4) is 11.4 Å². The van der Waals surface area contributed by atoms with Gasteiger partial charge in [0.15, 0.2) is 5.82 Å². The van der Waals surface area contributed by atoms with Gasteiger partial charge in [0.2, 0.25) is 11.0 Å². The van der Waals surface area contributed by atoms with Crippen molar-refractivity contribution >= 4 is 28.7 Å². The lowest BCUT2D eigenvalue weighted by Crippen LogP contribution is -2.57. The van der Waals surface area contributed by atoms with Crippen molar-refractivity contribution in [2.75, 3.05) is 11.9 Å². The van der Waals surface area contributed by atoms with Gasteiger partial charge in [-0.25, -0.2) is 4.79 Å². The van der Waals surface area contributed by atoms with Gasteiger partial charge < -0.3 is 4.74 Å². The van der Waals surface area contributed by atoms with Crippen LogP contribution in [0.3, 0.4) is 0 Å². The maximum absolute atomic E-state index is 12.4. The van der Waals surface area contributed by atoms with Crippen LogP contribution in [-0.4, -0.2) is 44.4 Å². The molecule has 1 N–H and O–H groups in total. The first kappa shape index (κ1) is 17.3. The zero-order valence-corrected chi connectivity index (χ0v) is 15.2. The highest BCUT2D eigenvalue weighted by molar-refractivity contribution is 7.10. The first-order chi connectivity index (χ1) is 11.8. The molecule has 0 aliphatic carbocycles. The van der Waals surface area contributed by atoms with Crippen molar-refractivity contribution in [1.82, 2.24) is 14.3 Å². The standard InChI is InChI=1S/C17H20N4O3S/c1-17(2,3)24-16(23)21-10-9-12(21)14(22)19-15-18-13(20-25-15)11-7-5-4-6-8-11/h4-8,12H,9-10H2,1-3H3,(H,18,19,20,22)/t12-/m0/s1. The molecule has 0 radical (unpaired) electrons. The second-order valence-corrected chi connectivity index (χ2v) is 7.51. The maximum atomic E-state index is 12.4. The molecule has 0 saturated carbocycles. The first-order valence-corrected chi connectivity index (χ1v) is 8.80. The summed E-state index contributed by atoms with van der Waals surface area (Å²) in [7, 11) is 0. The van der Waals surface area contributed by atoms with Crippen molar-refractivity contribution in [2.24, 2.45) is 0 Å². The molecule has 1 atom stereocenters. The summed E-state index contributed by atoms with van der Waals surface area (Å²) < 4.78 is 9.57. The second kappa shape index (κ2) is 6.79. The molecular weight excluding hydrogens is 340 g/mol. The Bertz CT molecular complexity index is 770. The fraction of sp³-hybridized carbons (Fsp3) is 0.412. The molecule has 7 nitrogen and oxygen atoms in total. The van der Waals surface area contributed by atoms with Crippen LogP contribution in [0.5, 0.6) is 0 Å². The molecule has 0 spiro atoms. The third-order valence-electron chi connectivity index (χ3n) is 3.64. The van der Waals surface area contributed by atoms with Gasteiger partial charge in [-0.3, -0.25) is 15.0 Å². The van der Waals surface area contributed by atoms with Gasteiger partial charge >= 0.3 is 6.09 Å². The Morgan fingerprint density at radius 2 is 2.00 bits per heavy atom. The average Bonchev–Trinajstić information content (AvgIpc) is 2.93. The predicted molar refractivity (Wildman–Crippen MR) is 95.3 cm³/mol. The first-order valence-electron chi connectivity index (χ1n) is 8.03. The summed E-state index contributed by atoms with van der Waals surface area (Å²) in [4.78, 5) is 30.3. The predicted octanol–water partition coefficient (Wildman–Crippen LogP) is 3.15. The van der Waals surface area contributed by atoms with Crippen LogP contribution in [0.1, 0.15) is 27.2 Å². The molecule has 2 aromatic rings. The lowest BCUT2D eigenvalue weighted by molar-refractivity contribution is -0.125. The molecule has 1 aliphatic rings. The number of anilines is 1. The molecule has 8 heteroatoms. The SMILES string of the molecule is CC(C)(C)OC(=O)N1CC[C@H]1C(=O)Nc1nc(-c2ccccc2)ns1. The third kappa shape index (κ3) is 4.14.